The molecular weight excluding hydrogens is 420 g/mol. The summed E-state index contributed by atoms with van der Waals surface area (Å²) in [5, 5.41) is 0. The van der Waals surface area contributed by atoms with Gasteiger partial charge in [-0.15, -0.1) is 0 Å². The van der Waals surface area contributed by atoms with Gasteiger partial charge in [-0.2, -0.15) is 25.3 Å². The van der Waals surface area contributed by atoms with E-state index < -0.39 is 45.0 Å². The summed E-state index contributed by atoms with van der Waals surface area (Å²) in [6.07, 6.45) is 0. The van der Waals surface area contributed by atoms with Crippen LogP contribution < -0.4 is 0 Å². The zero-order valence-corrected chi connectivity index (χ0v) is 12.5. The Morgan fingerprint density at radius 1 is 0.579 bits per heavy atom. The largest absolute Gasteiger partial charge is 0.294 e. The van der Waals surface area contributed by atoms with Crippen molar-refractivity contribution in [2.45, 2.75) is 14.7 Å². The van der Waals surface area contributed by atoms with Crippen molar-refractivity contribution in [2.75, 3.05) is 0 Å². The van der Waals surface area contributed by atoms with Gasteiger partial charge in [0.05, 0.1) is 14.7 Å². The van der Waals surface area contributed by atoms with Crippen LogP contribution in [0.1, 0.15) is 0 Å². The topological polar surface area (TPSA) is 163 Å². The van der Waals surface area contributed by atoms with E-state index in [2.05, 4.69) is 0 Å². The third-order valence-corrected chi connectivity index (χ3v) is 4.24. The summed E-state index contributed by atoms with van der Waals surface area (Å²) in [7, 11) is -14.8. The molecule has 1 rings (SSSR count). The summed E-state index contributed by atoms with van der Waals surface area (Å²) >= 11 is 0. The van der Waals surface area contributed by atoms with E-state index in [1.165, 1.54) is 0 Å². The molecule has 0 atom stereocenters. The van der Waals surface area contributed by atoms with Crippen LogP contribution in [0.3, 0.4) is 0 Å². The Balaban J connectivity index is 0.00000324. The Labute approximate surface area is 124 Å². The smallest absolute Gasteiger partial charge is 0.282 e. The van der Waals surface area contributed by atoms with Crippen LogP contribution in [0.25, 0.3) is 0 Å². The first kappa shape index (κ1) is 18.7. The van der Waals surface area contributed by atoms with Crippen molar-refractivity contribution < 1.29 is 61.3 Å². The van der Waals surface area contributed by atoms with E-state index in [4.69, 9.17) is 13.7 Å². The van der Waals surface area contributed by atoms with Crippen LogP contribution in [-0.2, 0) is 52.7 Å². The number of hydrogen-bond acceptors (Lipinski definition) is 6. The molecule has 13 heteroatoms. The van der Waals surface area contributed by atoms with E-state index in [0.717, 1.165) is 0 Å². The molecule has 0 saturated heterocycles. The third kappa shape index (κ3) is 4.94. The van der Waals surface area contributed by atoms with Gasteiger partial charge in [0, 0.05) is 22.4 Å². The molecule has 0 saturated carbocycles. The molecular formula is C6H6AgO9S3. The Hall–Kier alpha value is -0.310. The van der Waals surface area contributed by atoms with E-state index in [1.54, 1.807) is 0 Å². The Morgan fingerprint density at radius 2 is 0.737 bits per heavy atom. The average molecular weight is 426 g/mol. The minimum Gasteiger partial charge on any atom is -0.282 e. The zero-order valence-electron chi connectivity index (χ0n) is 8.55. The molecule has 113 valence electrons. The van der Waals surface area contributed by atoms with Gasteiger partial charge >= 0.3 is 0 Å². The second-order valence-electron chi connectivity index (χ2n) is 3.07. The molecule has 0 heterocycles. The van der Waals surface area contributed by atoms with Crippen molar-refractivity contribution in [2.24, 2.45) is 0 Å². The van der Waals surface area contributed by atoms with Gasteiger partial charge in [0.2, 0.25) is 0 Å². The van der Waals surface area contributed by atoms with E-state index in [1.807, 2.05) is 0 Å². The van der Waals surface area contributed by atoms with Crippen LogP contribution in [0.15, 0.2) is 32.9 Å². The first-order chi connectivity index (χ1) is 7.82. The summed E-state index contributed by atoms with van der Waals surface area (Å²) in [5.74, 6) is 0. The summed E-state index contributed by atoms with van der Waals surface area (Å²) in [6, 6.07) is 0.998. The number of hydrogen-bond donors (Lipinski definition) is 3. The molecule has 0 aliphatic carbocycles. The van der Waals surface area contributed by atoms with Crippen molar-refractivity contribution >= 4 is 30.4 Å². The molecule has 1 aromatic rings. The zero-order chi connectivity index (χ0) is 14.4. The van der Waals surface area contributed by atoms with Crippen LogP contribution >= 0.6 is 0 Å². The van der Waals surface area contributed by atoms with Crippen molar-refractivity contribution in [3.63, 3.8) is 0 Å². The molecule has 1 radical (unpaired) electrons. The summed E-state index contributed by atoms with van der Waals surface area (Å²) in [5.41, 5.74) is 0. The van der Waals surface area contributed by atoms with Crippen molar-refractivity contribution in [1.82, 2.24) is 0 Å². The van der Waals surface area contributed by atoms with Gasteiger partial charge < -0.3 is 0 Å². The molecule has 1 aromatic carbocycles. The fraction of sp³-hybridized carbons (Fsp3) is 0. The standard InChI is InChI=1S/C6H6O9S3.Ag/c7-16(8,9)4-1-5(17(10,11)12)3-6(2-4)18(13,14)15;/h1-3H,(H,7,8,9)(H,10,11,12)(H,13,14,15);. The first-order valence-corrected chi connectivity index (χ1v) is 8.21. The fourth-order valence-electron chi connectivity index (χ4n) is 0.992. The maximum atomic E-state index is 10.8. The molecule has 0 bridgehead atoms. The van der Waals surface area contributed by atoms with E-state index >= 15 is 0 Å². The maximum absolute atomic E-state index is 10.8. The molecule has 0 unspecified atom stereocenters. The minimum atomic E-state index is -4.92. The normalized spacial score (nSPS) is 12.8. The Morgan fingerprint density at radius 3 is 0.842 bits per heavy atom. The van der Waals surface area contributed by atoms with E-state index in [9.17, 15) is 25.3 Å². The van der Waals surface area contributed by atoms with Crippen LogP contribution in [0.2, 0.25) is 0 Å². The van der Waals surface area contributed by atoms with Gasteiger partial charge in [-0.1, -0.05) is 0 Å². The summed E-state index contributed by atoms with van der Waals surface area (Å²) in [4.78, 5) is -3.32. The van der Waals surface area contributed by atoms with Crippen LogP contribution in [-0.4, -0.2) is 38.9 Å². The van der Waals surface area contributed by atoms with Gasteiger partial charge in [0.1, 0.15) is 0 Å². The van der Waals surface area contributed by atoms with Crippen LogP contribution in [0, 0.1) is 0 Å². The molecule has 9 nitrogen and oxygen atoms in total. The second kappa shape index (κ2) is 5.59. The summed E-state index contributed by atoms with van der Waals surface area (Å²) < 4.78 is 90.8. The quantitative estimate of drug-likeness (QED) is 0.424. The molecule has 0 spiro atoms. The SMILES string of the molecule is O=S(=O)(O)c1cc(S(=O)(=O)O)cc(S(=O)(=O)O)c1.[Ag]. The molecule has 3 N–H and O–H groups in total. The summed E-state index contributed by atoms with van der Waals surface area (Å²) in [6.45, 7) is 0. The predicted molar refractivity (Wildman–Crippen MR) is 55.9 cm³/mol. The monoisotopic (exact) mass is 425 g/mol. The van der Waals surface area contributed by atoms with Gasteiger partial charge in [-0.3, -0.25) is 13.7 Å². The molecule has 0 amide bonds. The van der Waals surface area contributed by atoms with Crippen LogP contribution in [0.4, 0.5) is 0 Å². The maximum Gasteiger partial charge on any atom is 0.294 e. The van der Waals surface area contributed by atoms with Crippen molar-refractivity contribution in [3.8, 4) is 0 Å². The predicted octanol–water partition coefficient (Wildman–Crippen LogP) is -0.576. The molecule has 19 heavy (non-hydrogen) atoms. The van der Waals surface area contributed by atoms with Gasteiger partial charge in [-0.25, -0.2) is 0 Å². The average Bonchev–Trinajstić information content (AvgIpc) is 2.13. The Bertz CT molecular complexity index is 669. The fourth-order valence-corrected chi connectivity index (χ4v) is 2.87. The van der Waals surface area contributed by atoms with Gasteiger partial charge in [-0.05, 0) is 18.2 Å². The number of benzene rings is 1. The van der Waals surface area contributed by atoms with E-state index in [0.29, 0.717) is 18.2 Å². The van der Waals surface area contributed by atoms with Gasteiger partial charge in [0.25, 0.3) is 30.4 Å². The first-order valence-electron chi connectivity index (χ1n) is 3.89. The molecule has 0 aliphatic rings. The third-order valence-electron chi connectivity index (χ3n) is 1.75. The van der Waals surface area contributed by atoms with E-state index in [-0.39, 0.29) is 22.4 Å². The van der Waals surface area contributed by atoms with Crippen LogP contribution in [0.5, 0.6) is 0 Å². The molecule has 0 aliphatic heterocycles. The second-order valence-corrected chi connectivity index (χ2v) is 7.33. The number of rotatable bonds is 3. The minimum absolute atomic E-state index is 0. The van der Waals surface area contributed by atoms with Crippen molar-refractivity contribution in [3.05, 3.63) is 18.2 Å². The van der Waals surface area contributed by atoms with Gasteiger partial charge in [0.15, 0.2) is 0 Å². The van der Waals surface area contributed by atoms with Crippen molar-refractivity contribution in [1.29, 1.82) is 0 Å². The molecule has 0 fully saturated rings. The molecule has 0 aromatic heterocycles. The Kier molecular flexibility index (Phi) is 5.50.